The summed E-state index contributed by atoms with van der Waals surface area (Å²) in [5, 5.41) is 14.4. The molecule has 1 aromatic heterocycles. The molecule has 160 valence electrons. The minimum atomic E-state index is -0.667. The Hall–Kier alpha value is -3.40. The second-order valence-corrected chi connectivity index (χ2v) is 7.04. The fourth-order valence-electron chi connectivity index (χ4n) is 2.89. The van der Waals surface area contributed by atoms with Gasteiger partial charge in [0.1, 0.15) is 11.4 Å². The molecule has 0 bridgehead atoms. The van der Waals surface area contributed by atoms with Crippen molar-refractivity contribution in [3.05, 3.63) is 57.5 Å². The Morgan fingerprint density at radius 1 is 1.13 bits per heavy atom. The maximum atomic E-state index is 12.3. The number of carbonyl (C=O) groups excluding carboxylic acids is 2. The largest absolute Gasteiger partial charge is 0.454 e. The molecule has 0 aliphatic heterocycles. The number of hydrogen-bond acceptors (Lipinski definition) is 7. The molecule has 0 unspecified atom stereocenters. The summed E-state index contributed by atoms with van der Waals surface area (Å²) in [6.07, 6.45) is 1.93. The number of nitro groups is 1. The van der Waals surface area contributed by atoms with E-state index in [-0.39, 0.29) is 23.1 Å². The van der Waals surface area contributed by atoms with Crippen molar-refractivity contribution < 1.29 is 18.9 Å². The number of benzene rings is 1. The van der Waals surface area contributed by atoms with E-state index in [2.05, 4.69) is 21.1 Å². The number of rotatable bonds is 9. The van der Waals surface area contributed by atoms with Gasteiger partial charge in [-0.25, -0.2) is 0 Å². The first-order chi connectivity index (χ1) is 14.4. The highest BCUT2D eigenvalue weighted by molar-refractivity contribution is 5.98. The minimum Gasteiger partial charge on any atom is -0.454 e. The Balaban J connectivity index is 1.59. The molecule has 10 nitrogen and oxygen atoms in total. The number of nitro benzene ring substituents is 1. The summed E-state index contributed by atoms with van der Waals surface area (Å²) in [7, 11) is 0. The van der Waals surface area contributed by atoms with E-state index in [4.69, 9.17) is 4.42 Å². The number of nitrogens with one attached hydrogen (secondary N) is 3. The number of hydrazine groups is 1. The lowest BCUT2D eigenvalue weighted by Gasteiger charge is -2.15. The van der Waals surface area contributed by atoms with Gasteiger partial charge in [0.15, 0.2) is 5.76 Å². The van der Waals surface area contributed by atoms with Gasteiger partial charge in [-0.15, -0.1) is 0 Å². The summed E-state index contributed by atoms with van der Waals surface area (Å²) in [5.74, 6) is -0.577. The van der Waals surface area contributed by atoms with E-state index in [9.17, 15) is 19.7 Å². The summed E-state index contributed by atoms with van der Waals surface area (Å²) in [4.78, 5) is 37.5. The Morgan fingerprint density at radius 2 is 1.83 bits per heavy atom. The van der Waals surface area contributed by atoms with Gasteiger partial charge >= 0.3 is 5.91 Å². The molecule has 1 aliphatic rings. The van der Waals surface area contributed by atoms with Crippen LogP contribution in [0.5, 0.6) is 0 Å². The van der Waals surface area contributed by atoms with E-state index >= 15 is 0 Å². The van der Waals surface area contributed by atoms with Crippen LogP contribution >= 0.6 is 0 Å². The normalized spacial score (nSPS) is 13.2. The SMILES string of the molecule is CCN(CC)Cc1ccc(C(=O)NNC(=O)c2ccc(NC3CC3)c([N+](=O)[O-])c2)o1. The molecule has 3 N–H and O–H groups in total. The molecule has 1 heterocycles. The van der Waals surface area contributed by atoms with Gasteiger partial charge in [0, 0.05) is 17.7 Å². The van der Waals surface area contributed by atoms with Crippen LogP contribution < -0.4 is 16.2 Å². The first-order valence-corrected chi connectivity index (χ1v) is 9.88. The third-order valence-electron chi connectivity index (χ3n) is 4.84. The fourth-order valence-corrected chi connectivity index (χ4v) is 2.89. The summed E-state index contributed by atoms with van der Waals surface area (Å²) in [6, 6.07) is 7.63. The van der Waals surface area contributed by atoms with Crippen molar-refractivity contribution in [1.82, 2.24) is 15.8 Å². The Morgan fingerprint density at radius 3 is 2.47 bits per heavy atom. The number of amides is 2. The summed E-state index contributed by atoms with van der Waals surface area (Å²) < 4.78 is 5.52. The molecule has 2 aromatic rings. The van der Waals surface area contributed by atoms with Crippen LogP contribution in [-0.2, 0) is 6.54 Å². The standard InChI is InChI=1S/C20H25N5O5/c1-3-24(4-2)12-15-8-10-18(30-15)20(27)23-22-19(26)13-5-9-16(21-14-6-7-14)17(11-13)25(28)29/h5,8-11,14,21H,3-4,6-7,12H2,1-2H3,(H,22,26)(H,23,27). The third kappa shape index (κ3) is 5.35. The molecular weight excluding hydrogens is 390 g/mol. The number of furan rings is 1. The van der Waals surface area contributed by atoms with Crippen molar-refractivity contribution in [2.75, 3.05) is 18.4 Å². The van der Waals surface area contributed by atoms with Crippen LogP contribution in [0.15, 0.2) is 34.7 Å². The van der Waals surface area contributed by atoms with Gasteiger partial charge in [0.05, 0.1) is 11.5 Å². The average molecular weight is 415 g/mol. The monoisotopic (exact) mass is 415 g/mol. The lowest BCUT2D eigenvalue weighted by atomic mass is 10.1. The van der Waals surface area contributed by atoms with Gasteiger partial charge in [-0.2, -0.15) is 0 Å². The number of anilines is 1. The second-order valence-electron chi connectivity index (χ2n) is 7.04. The first kappa shape index (κ1) is 21.3. The summed E-state index contributed by atoms with van der Waals surface area (Å²) in [6.45, 7) is 6.37. The zero-order valence-electron chi connectivity index (χ0n) is 16.9. The van der Waals surface area contributed by atoms with Gasteiger partial charge in [0.25, 0.3) is 11.6 Å². The second kappa shape index (κ2) is 9.40. The van der Waals surface area contributed by atoms with Crippen LogP contribution in [0.2, 0.25) is 0 Å². The van der Waals surface area contributed by atoms with Gasteiger partial charge in [0.2, 0.25) is 0 Å². The van der Waals surface area contributed by atoms with Crippen LogP contribution in [-0.4, -0.2) is 40.8 Å². The van der Waals surface area contributed by atoms with Gasteiger partial charge < -0.3 is 9.73 Å². The van der Waals surface area contributed by atoms with Crippen molar-refractivity contribution in [2.45, 2.75) is 39.3 Å². The van der Waals surface area contributed by atoms with Crippen LogP contribution in [0, 0.1) is 10.1 Å². The van der Waals surface area contributed by atoms with Crippen LogP contribution in [0.1, 0.15) is 53.4 Å². The quantitative estimate of drug-likeness (QED) is 0.424. The maximum Gasteiger partial charge on any atom is 0.305 e. The van der Waals surface area contributed by atoms with Crippen LogP contribution in [0.3, 0.4) is 0 Å². The first-order valence-electron chi connectivity index (χ1n) is 9.88. The van der Waals surface area contributed by atoms with Crippen LogP contribution in [0.25, 0.3) is 0 Å². The minimum absolute atomic E-state index is 0.0602. The highest BCUT2D eigenvalue weighted by Crippen LogP contribution is 2.31. The van der Waals surface area contributed by atoms with Gasteiger partial charge in [-0.3, -0.25) is 35.5 Å². The van der Waals surface area contributed by atoms with Gasteiger partial charge in [-0.1, -0.05) is 13.8 Å². The molecule has 30 heavy (non-hydrogen) atoms. The van der Waals surface area contributed by atoms with Crippen LogP contribution in [0.4, 0.5) is 11.4 Å². The summed E-state index contributed by atoms with van der Waals surface area (Å²) in [5.41, 5.74) is 4.77. The molecule has 0 atom stereocenters. The topological polar surface area (TPSA) is 130 Å². The highest BCUT2D eigenvalue weighted by atomic mass is 16.6. The predicted octanol–water partition coefficient (Wildman–Crippen LogP) is 2.68. The smallest absolute Gasteiger partial charge is 0.305 e. The molecule has 1 saturated carbocycles. The molecule has 3 rings (SSSR count). The lowest BCUT2D eigenvalue weighted by molar-refractivity contribution is -0.384. The number of nitrogens with zero attached hydrogens (tertiary/aromatic N) is 2. The van der Waals surface area contributed by atoms with Crippen molar-refractivity contribution >= 4 is 23.2 Å². The zero-order chi connectivity index (χ0) is 21.7. The van der Waals surface area contributed by atoms with Crippen molar-refractivity contribution in [2.24, 2.45) is 0 Å². The molecule has 0 radical (unpaired) electrons. The van der Waals surface area contributed by atoms with E-state index in [1.807, 2.05) is 13.8 Å². The van der Waals surface area contributed by atoms with E-state index in [0.29, 0.717) is 18.0 Å². The summed E-state index contributed by atoms with van der Waals surface area (Å²) >= 11 is 0. The van der Waals surface area contributed by atoms with Crippen molar-refractivity contribution in [1.29, 1.82) is 0 Å². The fraction of sp³-hybridized carbons (Fsp3) is 0.400. The predicted molar refractivity (Wildman–Crippen MR) is 110 cm³/mol. The molecule has 0 spiro atoms. The lowest BCUT2D eigenvalue weighted by Crippen LogP contribution is -2.41. The highest BCUT2D eigenvalue weighted by Gasteiger charge is 2.25. The molecule has 1 aliphatic carbocycles. The van der Waals surface area contributed by atoms with Crippen molar-refractivity contribution in [3.63, 3.8) is 0 Å². The molecule has 10 heteroatoms. The third-order valence-corrected chi connectivity index (χ3v) is 4.84. The number of carbonyl (C=O) groups is 2. The van der Waals surface area contributed by atoms with E-state index < -0.39 is 16.7 Å². The molecule has 0 saturated heterocycles. The van der Waals surface area contributed by atoms with E-state index in [1.165, 1.54) is 24.3 Å². The average Bonchev–Trinajstić information content (AvgIpc) is 3.44. The maximum absolute atomic E-state index is 12.3. The van der Waals surface area contributed by atoms with E-state index in [0.717, 1.165) is 25.9 Å². The molecular formula is C20H25N5O5. The van der Waals surface area contributed by atoms with Gasteiger partial charge in [-0.05, 0) is 50.2 Å². The Labute approximate surface area is 173 Å². The molecule has 1 aromatic carbocycles. The Bertz CT molecular complexity index is 933. The molecule has 2 amide bonds. The van der Waals surface area contributed by atoms with Crippen molar-refractivity contribution in [3.8, 4) is 0 Å². The van der Waals surface area contributed by atoms with E-state index in [1.54, 1.807) is 6.07 Å². The zero-order valence-corrected chi connectivity index (χ0v) is 16.9. The molecule has 1 fully saturated rings. The number of hydrogen-bond donors (Lipinski definition) is 3. The Kier molecular flexibility index (Phi) is 6.68.